The van der Waals surface area contributed by atoms with Crippen LogP contribution in [-0.2, 0) is 27.1 Å². The summed E-state index contributed by atoms with van der Waals surface area (Å²) >= 11 is 0. The number of rotatable bonds is 6. The van der Waals surface area contributed by atoms with Crippen molar-refractivity contribution < 1.29 is 0 Å². The highest BCUT2D eigenvalue weighted by Gasteiger charge is 2.52. The minimum atomic E-state index is 0.132. The van der Waals surface area contributed by atoms with Gasteiger partial charge in [0.05, 0.1) is 0 Å². The molecule has 0 fully saturated rings. The molecule has 0 aromatic carbocycles. The first-order chi connectivity index (χ1) is 18.3. The third-order valence-electron chi connectivity index (χ3n) is 12.0. The Morgan fingerprint density at radius 2 is 1.21 bits per heavy atom. The van der Waals surface area contributed by atoms with Crippen molar-refractivity contribution in [3.05, 3.63) is 88.8 Å². The first kappa shape index (κ1) is 26.7. The van der Waals surface area contributed by atoms with Gasteiger partial charge in [0.15, 0.2) is 0 Å². The number of pyridine rings is 3. The fraction of sp³-hybridized carbons (Fsp3) is 0.583. The molecule has 3 heteroatoms. The van der Waals surface area contributed by atoms with Gasteiger partial charge in [0.2, 0.25) is 0 Å². The second-order valence-electron chi connectivity index (χ2n) is 15.2. The maximum Gasteiger partial charge on any atom is 0.0472 e. The predicted octanol–water partition coefficient (Wildman–Crippen LogP) is 8.70. The van der Waals surface area contributed by atoms with Crippen molar-refractivity contribution in [2.45, 2.75) is 127 Å². The molecule has 3 heterocycles. The maximum atomic E-state index is 4.82. The lowest BCUT2D eigenvalue weighted by molar-refractivity contribution is 0.233. The summed E-state index contributed by atoms with van der Waals surface area (Å²) in [5, 5.41) is 0. The zero-order valence-electron chi connectivity index (χ0n) is 25.4. The van der Waals surface area contributed by atoms with E-state index in [0.29, 0.717) is 11.8 Å². The molecule has 0 bridgehead atoms. The molecule has 0 N–H and O–H groups in total. The maximum absolute atomic E-state index is 4.82. The van der Waals surface area contributed by atoms with Crippen LogP contribution in [0.5, 0.6) is 0 Å². The van der Waals surface area contributed by atoms with Crippen LogP contribution in [0.2, 0.25) is 0 Å². The molecule has 3 aliphatic carbocycles. The molecular weight excluding hydrogens is 474 g/mol. The van der Waals surface area contributed by atoms with E-state index in [-0.39, 0.29) is 27.1 Å². The van der Waals surface area contributed by atoms with Crippen molar-refractivity contribution >= 4 is 0 Å². The van der Waals surface area contributed by atoms with E-state index in [1.165, 1.54) is 72.0 Å². The standard InChI is InChI=1S/C36H47N3/c1-24-25(2)36(8,28-10-9-17-39-31(24)28)16-15-35(7)23-34(6,27-12-19-38-21-30(27)35)14-13-33(5)22-32(3,4)29-20-37-18-11-26(29)33/h9-12,17-21,24-25H,13-16,22-23H2,1-8H3/t24-,25+,33+,34+,35+,36+/m1/s1. The molecule has 3 aliphatic rings. The molecule has 3 nitrogen and oxygen atoms in total. The topological polar surface area (TPSA) is 38.7 Å². The summed E-state index contributed by atoms with van der Waals surface area (Å²) in [5.74, 6) is 1.10. The Morgan fingerprint density at radius 3 is 1.90 bits per heavy atom. The first-order valence-electron chi connectivity index (χ1n) is 15.2. The van der Waals surface area contributed by atoms with Crippen LogP contribution < -0.4 is 0 Å². The molecule has 0 amide bonds. The van der Waals surface area contributed by atoms with Crippen LogP contribution in [0.25, 0.3) is 0 Å². The van der Waals surface area contributed by atoms with Crippen LogP contribution in [0.4, 0.5) is 0 Å². The van der Waals surface area contributed by atoms with Gasteiger partial charge in [-0.15, -0.1) is 0 Å². The number of fused-ring (bicyclic) bond motifs is 3. The fourth-order valence-electron chi connectivity index (χ4n) is 9.50. The summed E-state index contributed by atoms with van der Waals surface area (Å²) in [6, 6.07) is 9.10. The van der Waals surface area contributed by atoms with Gasteiger partial charge in [-0.2, -0.15) is 0 Å². The van der Waals surface area contributed by atoms with Crippen molar-refractivity contribution in [3.8, 4) is 0 Å². The third-order valence-corrected chi connectivity index (χ3v) is 12.0. The fourth-order valence-corrected chi connectivity index (χ4v) is 9.50. The van der Waals surface area contributed by atoms with E-state index in [9.17, 15) is 0 Å². The van der Waals surface area contributed by atoms with Crippen LogP contribution in [-0.4, -0.2) is 15.0 Å². The Hall–Kier alpha value is -2.55. The normalized spacial score (nSPS) is 36.0. The largest absolute Gasteiger partial charge is 0.264 e. The molecular formula is C36H47N3. The Balaban J connectivity index is 1.27. The van der Waals surface area contributed by atoms with Gasteiger partial charge < -0.3 is 0 Å². The molecule has 6 rings (SSSR count). The van der Waals surface area contributed by atoms with Crippen molar-refractivity contribution in [1.82, 2.24) is 15.0 Å². The predicted molar refractivity (Wildman–Crippen MR) is 160 cm³/mol. The molecule has 39 heavy (non-hydrogen) atoms. The molecule has 0 aliphatic heterocycles. The average molecular weight is 522 g/mol. The van der Waals surface area contributed by atoms with Crippen molar-refractivity contribution in [1.29, 1.82) is 0 Å². The van der Waals surface area contributed by atoms with E-state index in [4.69, 9.17) is 4.98 Å². The first-order valence-corrected chi connectivity index (χ1v) is 15.2. The Morgan fingerprint density at radius 1 is 0.641 bits per heavy atom. The van der Waals surface area contributed by atoms with E-state index in [1.54, 1.807) is 0 Å². The van der Waals surface area contributed by atoms with Crippen LogP contribution in [0, 0.1) is 5.92 Å². The van der Waals surface area contributed by atoms with Crippen LogP contribution in [0.15, 0.2) is 55.2 Å². The van der Waals surface area contributed by atoms with Crippen LogP contribution in [0.3, 0.4) is 0 Å². The number of aromatic nitrogens is 3. The van der Waals surface area contributed by atoms with E-state index >= 15 is 0 Å². The average Bonchev–Trinajstić information content (AvgIpc) is 3.37. The molecule has 0 spiro atoms. The molecule has 0 saturated carbocycles. The van der Waals surface area contributed by atoms with Crippen molar-refractivity contribution in [2.24, 2.45) is 5.92 Å². The summed E-state index contributed by atoms with van der Waals surface area (Å²) in [4.78, 5) is 14.0. The molecule has 0 saturated heterocycles. The van der Waals surface area contributed by atoms with Gasteiger partial charge in [0, 0.05) is 42.6 Å². The van der Waals surface area contributed by atoms with Crippen LogP contribution in [0.1, 0.15) is 133 Å². The highest BCUT2D eigenvalue weighted by Crippen LogP contribution is 2.59. The van der Waals surface area contributed by atoms with E-state index in [1.807, 2.05) is 18.6 Å². The molecule has 6 atom stereocenters. The Labute approximate surface area is 236 Å². The van der Waals surface area contributed by atoms with Crippen molar-refractivity contribution in [2.75, 3.05) is 0 Å². The summed E-state index contributed by atoms with van der Waals surface area (Å²) in [5.41, 5.74) is 9.61. The molecule has 206 valence electrons. The second kappa shape index (κ2) is 8.72. The second-order valence-corrected chi connectivity index (χ2v) is 15.2. The highest BCUT2D eigenvalue weighted by atomic mass is 14.7. The zero-order chi connectivity index (χ0) is 27.8. The van der Waals surface area contributed by atoms with Gasteiger partial charge in [-0.3, -0.25) is 15.0 Å². The monoisotopic (exact) mass is 521 g/mol. The summed E-state index contributed by atoms with van der Waals surface area (Å²) in [7, 11) is 0. The smallest absolute Gasteiger partial charge is 0.0472 e. The minimum Gasteiger partial charge on any atom is -0.264 e. The molecule has 3 aromatic rings. The molecule has 0 unspecified atom stereocenters. The van der Waals surface area contributed by atoms with E-state index < -0.39 is 0 Å². The van der Waals surface area contributed by atoms with Crippen molar-refractivity contribution in [3.63, 3.8) is 0 Å². The van der Waals surface area contributed by atoms with Gasteiger partial charge in [0.25, 0.3) is 0 Å². The van der Waals surface area contributed by atoms with Gasteiger partial charge in [-0.05, 0) is 118 Å². The highest BCUT2D eigenvalue weighted by molar-refractivity contribution is 5.46. The van der Waals surface area contributed by atoms with E-state index in [0.717, 1.165) is 0 Å². The minimum absolute atomic E-state index is 0.132. The Kier molecular flexibility index (Phi) is 5.96. The van der Waals surface area contributed by atoms with E-state index in [2.05, 4.69) is 102 Å². The van der Waals surface area contributed by atoms with Crippen LogP contribution >= 0.6 is 0 Å². The third kappa shape index (κ3) is 3.93. The molecule has 0 radical (unpaired) electrons. The van der Waals surface area contributed by atoms with Gasteiger partial charge >= 0.3 is 0 Å². The summed E-state index contributed by atoms with van der Waals surface area (Å²) in [6.45, 7) is 19.7. The number of nitrogens with zero attached hydrogens (tertiary/aromatic N) is 3. The lowest BCUT2D eigenvalue weighted by Gasteiger charge is -2.37. The molecule has 3 aromatic heterocycles. The van der Waals surface area contributed by atoms with Gasteiger partial charge in [-0.25, -0.2) is 0 Å². The summed E-state index contributed by atoms with van der Waals surface area (Å²) in [6.07, 6.45) is 17.5. The lowest BCUT2D eigenvalue weighted by atomic mass is 9.66. The number of hydrogen-bond acceptors (Lipinski definition) is 3. The quantitative estimate of drug-likeness (QED) is 0.326. The summed E-state index contributed by atoms with van der Waals surface area (Å²) < 4.78 is 0. The lowest BCUT2D eigenvalue weighted by Crippen LogP contribution is -2.32. The van der Waals surface area contributed by atoms with Gasteiger partial charge in [0.1, 0.15) is 0 Å². The zero-order valence-corrected chi connectivity index (χ0v) is 25.4. The number of hydrogen-bond donors (Lipinski definition) is 0. The van der Waals surface area contributed by atoms with Gasteiger partial charge in [-0.1, -0.05) is 61.5 Å². The Bertz CT molecular complexity index is 1410. The SMILES string of the molecule is C[C@H]1c2ncccc2[C@@](C)(CC[C@@]2(C)C[C@](C)(CC[C@@]3(C)CC(C)(C)c4cnccc43)c3ccncc32)[C@H]1C.